The molecule has 8 nitrogen and oxygen atoms in total. The molecule has 8 heteroatoms. The Labute approximate surface area is 162 Å². The van der Waals surface area contributed by atoms with Crippen molar-refractivity contribution >= 4 is 29.2 Å². The van der Waals surface area contributed by atoms with Crippen LogP contribution in [0.4, 0.5) is 16.2 Å². The third-order valence-electron chi connectivity index (χ3n) is 4.38. The number of para-hydroxylation sites is 3. The second-order valence-electron chi connectivity index (χ2n) is 6.25. The number of rotatable bonds is 5. The van der Waals surface area contributed by atoms with Crippen molar-refractivity contribution in [3.05, 3.63) is 54.6 Å². The molecule has 28 heavy (non-hydrogen) atoms. The van der Waals surface area contributed by atoms with Crippen LogP contribution in [0, 0.1) is 0 Å². The molecular weight excluding hydrogens is 360 g/mol. The van der Waals surface area contributed by atoms with E-state index in [4.69, 9.17) is 4.74 Å². The fraction of sp³-hybridized carbons (Fsp3) is 0.250. The predicted octanol–water partition coefficient (Wildman–Crippen LogP) is 2.06. The molecule has 1 aliphatic heterocycles. The molecule has 1 aliphatic rings. The van der Waals surface area contributed by atoms with Crippen LogP contribution in [0.1, 0.15) is 6.42 Å². The van der Waals surface area contributed by atoms with Crippen molar-refractivity contribution in [2.45, 2.75) is 12.5 Å². The maximum Gasteiger partial charge on any atom is 0.322 e. The van der Waals surface area contributed by atoms with E-state index in [-0.39, 0.29) is 18.2 Å². The molecule has 0 radical (unpaired) electrons. The molecule has 3 N–H and O–H groups in total. The minimum Gasteiger partial charge on any atom is -0.495 e. The zero-order valence-corrected chi connectivity index (χ0v) is 15.5. The quantitative estimate of drug-likeness (QED) is 0.737. The number of carbonyl (C=O) groups excluding carboxylic acids is 3. The molecule has 4 amide bonds. The van der Waals surface area contributed by atoms with Gasteiger partial charge in [-0.1, -0.05) is 30.3 Å². The molecule has 0 saturated carbocycles. The van der Waals surface area contributed by atoms with Gasteiger partial charge in [-0.2, -0.15) is 0 Å². The Kier molecular flexibility index (Phi) is 6.11. The summed E-state index contributed by atoms with van der Waals surface area (Å²) in [6.07, 6.45) is -0.161. The molecule has 0 aliphatic carbocycles. The van der Waals surface area contributed by atoms with Crippen LogP contribution in [-0.4, -0.2) is 49.0 Å². The van der Waals surface area contributed by atoms with E-state index in [1.807, 2.05) is 6.07 Å². The largest absolute Gasteiger partial charge is 0.495 e. The second-order valence-corrected chi connectivity index (χ2v) is 6.25. The number of ether oxygens (including phenoxy) is 1. The van der Waals surface area contributed by atoms with E-state index in [0.717, 1.165) is 0 Å². The Balaban J connectivity index is 1.69. The van der Waals surface area contributed by atoms with Crippen molar-refractivity contribution in [1.29, 1.82) is 0 Å². The van der Waals surface area contributed by atoms with Gasteiger partial charge in [0.1, 0.15) is 11.8 Å². The van der Waals surface area contributed by atoms with Gasteiger partial charge in [0.15, 0.2) is 0 Å². The first-order chi connectivity index (χ1) is 13.6. The number of urea groups is 1. The van der Waals surface area contributed by atoms with E-state index in [1.54, 1.807) is 48.5 Å². The number of carbonyl (C=O) groups is 3. The van der Waals surface area contributed by atoms with Gasteiger partial charge in [0.2, 0.25) is 11.8 Å². The van der Waals surface area contributed by atoms with E-state index in [9.17, 15) is 14.4 Å². The van der Waals surface area contributed by atoms with Gasteiger partial charge >= 0.3 is 6.03 Å². The molecular formula is C20H22N4O4. The van der Waals surface area contributed by atoms with Crippen molar-refractivity contribution in [1.82, 2.24) is 10.2 Å². The molecule has 1 atom stereocenters. The summed E-state index contributed by atoms with van der Waals surface area (Å²) in [7, 11) is 1.51. The normalized spacial score (nSPS) is 16.1. The third-order valence-corrected chi connectivity index (χ3v) is 4.38. The first-order valence-electron chi connectivity index (χ1n) is 8.91. The second kappa shape index (κ2) is 8.90. The molecule has 0 aromatic heterocycles. The van der Waals surface area contributed by atoms with Crippen molar-refractivity contribution in [3.8, 4) is 5.75 Å². The highest BCUT2D eigenvalue weighted by Gasteiger charge is 2.35. The first-order valence-corrected chi connectivity index (χ1v) is 8.91. The number of piperazine rings is 1. The van der Waals surface area contributed by atoms with Crippen LogP contribution in [0.5, 0.6) is 5.75 Å². The lowest BCUT2D eigenvalue weighted by molar-refractivity contribution is -0.130. The lowest BCUT2D eigenvalue weighted by Gasteiger charge is -2.34. The Morgan fingerprint density at radius 1 is 1.11 bits per heavy atom. The van der Waals surface area contributed by atoms with Crippen LogP contribution < -0.4 is 20.7 Å². The summed E-state index contributed by atoms with van der Waals surface area (Å²) in [5.41, 5.74) is 1.13. The number of nitrogens with zero attached hydrogens (tertiary/aromatic N) is 1. The van der Waals surface area contributed by atoms with Crippen molar-refractivity contribution in [2.75, 3.05) is 30.8 Å². The van der Waals surface area contributed by atoms with E-state index >= 15 is 0 Å². The maximum absolute atomic E-state index is 12.6. The average Bonchev–Trinajstić information content (AvgIpc) is 2.70. The highest BCUT2D eigenvalue weighted by Crippen LogP contribution is 2.23. The Hall–Kier alpha value is -3.55. The van der Waals surface area contributed by atoms with Crippen molar-refractivity contribution < 1.29 is 19.1 Å². The summed E-state index contributed by atoms with van der Waals surface area (Å²) in [6.45, 7) is 0.655. The standard InChI is InChI=1S/C20H22N4O4/c1-28-17-10-6-5-9-15(17)23-18(25)13-16-19(26)21-11-12-24(16)20(27)22-14-7-3-2-4-8-14/h2-10,16H,11-13H2,1H3,(H,21,26)(H,22,27)(H,23,25)/t16-/m1/s1. The number of amides is 4. The zero-order chi connectivity index (χ0) is 19.9. The fourth-order valence-corrected chi connectivity index (χ4v) is 3.00. The zero-order valence-electron chi connectivity index (χ0n) is 15.5. The number of hydrogen-bond donors (Lipinski definition) is 3. The molecule has 0 unspecified atom stereocenters. The number of nitrogens with one attached hydrogen (secondary N) is 3. The van der Waals surface area contributed by atoms with Crippen molar-refractivity contribution in [3.63, 3.8) is 0 Å². The van der Waals surface area contributed by atoms with Gasteiger partial charge < -0.3 is 25.6 Å². The summed E-state index contributed by atoms with van der Waals surface area (Å²) in [5.74, 6) is -0.226. The molecule has 146 valence electrons. The Morgan fingerprint density at radius 2 is 1.82 bits per heavy atom. The lowest BCUT2D eigenvalue weighted by Crippen LogP contribution is -2.59. The number of benzene rings is 2. The lowest BCUT2D eigenvalue weighted by atomic mass is 10.1. The van der Waals surface area contributed by atoms with Crippen LogP contribution in [0.2, 0.25) is 0 Å². The molecule has 1 saturated heterocycles. The summed E-state index contributed by atoms with van der Waals surface area (Å²) >= 11 is 0. The van der Waals surface area contributed by atoms with E-state index in [2.05, 4.69) is 16.0 Å². The maximum atomic E-state index is 12.6. The summed E-state index contributed by atoms with van der Waals surface area (Å²) in [6, 6.07) is 14.6. The van der Waals surface area contributed by atoms with Crippen LogP contribution in [0.25, 0.3) is 0 Å². The van der Waals surface area contributed by atoms with Gasteiger partial charge in [-0.05, 0) is 24.3 Å². The number of hydrogen-bond acceptors (Lipinski definition) is 4. The summed E-state index contributed by atoms with van der Waals surface area (Å²) in [5, 5.41) is 8.20. The fourth-order valence-electron chi connectivity index (χ4n) is 3.00. The summed E-state index contributed by atoms with van der Waals surface area (Å²) < 4.78 is 5.21. The van der Waals surface area contributed by atoms with Gasteiger partial charge in [0.05, 0.1) is 19.2 Å². The topological polar surface area (TPSA) is 99.8 Å². The van der Waals surface area contributed by atoms with Crippen molar-refractivity contribution in [2.24, 2.45) is 0 Å². The SMILES string of the molecule is COc1ccccc1NC(=O)C[C@@H]1C(=O)NCCN1C(=O)Nc1ccccc1. The van der Waals surface area contributed by atoms with Gasteiger partial charge in [0, 0.05) is 18.8 Å². The molecule has 1 fully saturated rings. The third kappa shape index (κ3) is 4.59. The number of methoxy groups -OCH3 is 1. The number of anilines is 2. The van der Waals surface area contributed by atoms with Gasteiger partial charge in [-0.3, -0.25) is 9.59 Å². The van der Waals surface area contributed by atoms with E-state index in [0.29, 0.717) is 30.2 Å². The monoisotopic (exact) mass is 382 g/mol. The molecule has 0 bridgehead atoms. The van der Waals surface area contributed by atoms with Crippen LogP contribution in [0.3, 0.4) is 0 Å². The van der Waals surface area contributed by atoms with Crippen LogP contribution in [-0.2, 0) is 9.59 Å². The molecule has 0 spiro atoms. The minimum atomic E-state index is -0.896. The highest BCUT2D eigenvalue weighted by molar-refractivity contribution is 5.99. The van der Waals surface area contributed by atoms with Gasteiger partial charge in [-0.25, -0.2) is 4.79 Å². The average molecular weight is 382 g/mol. The van der Waals surface area contributed by atoms with Gasteiger partial charge in [0.25, 0.3) is 0 Å². The van der Waals surface area contributed by atoms with Gasteiger partial charge in [-0.15, -0.1) is 0 Å². The minimum absolute atomic E-state index is 0.161. The Bertz CT molecular complexity index is 856. The molecule has 3 rings (SSSR count). The summed E-state index contributed by atoms with van der Waals surface area (Å²) in [4.78, 5) is 38.9. The van der Waals surface area contributed by atoms with Crippen LogP contribution >= 0.6 is 0 Å². The highest BCUT2D eigenvalue weighted by atomic mass is 16.5. The van der Waals surface area contributed by atoms with E-state index < -0.39 is 12.1 Å². The smallest absolute Gasteiger partial charge is 0.322 e. The predicted molar refractivity (Wildman–Crippen MR) is 105 cm³/mol. The molecule has 2 aromatic rings. The van der Waals surface area contributed by atoms with Crippen LogP contribution in [0.15, 0.2) is 54.6 Å². The van der Waals surface area contributed by atoms with E-state index in [1.165, 1.54) is 12.0 Å². The molecule has 1 heterocycles. The first kappa shape index (κ1) is 19.2. The molecule has 2 aromatic carbocycles. The Morgan fingerprint density at radius 3 is 2.57 bits per heavy atom.